The van der Waals surface area contributed by atoms with E-state index in [1.165, 1.54) is 0 Å². The minimum absolute atomic E-state index is 0.154. The molecule has 0 amide bonds. The number of nitrogens with zero attached hydrogens (tertiary/aromatic N) is 1. The highest BCUT2D eigenvalue weighted by molar-refractivity contribution is 7.90. The molecule has 0 spiro atoms. The number of aliphatic imine (C=N–C) groups is 1. The second-order valence-corrected chi connectivity index (χ2v) is 7.71. The van der Waals surface area contributed by atoms with Crippen molar-refractivity contribution < 1.29 is 8.42 Å². The number of benzene rings is 1. The van der Waals surface area contributed by atoms with E-state index < -0.39 is 10.0 Å². The number of nitrogens with one attached hydrogen (secondary N) is 1. The lowest BCUT2D eigenvalue weighted by molar-refractivity contribution is 0.269. The topological polar surface area (TPSA) is 58.5 Å². The highest BCUT2D eigenvalue weighted by Gasteiger charge is 2.30. The first kappa shape index (κ1) is 14.1. The van der Waals surface area contributed by atoms with Crippen LogP contribution in [0.25, 0.3) is 0 Å². The largest absolute Gasteiger partial charge is 0.267 e. The van der Waals surface area contributed by atoms with Crippen LogP contribution in [0.3, 0.4) is 0 Å². The Kier molecular flexibility index (Phi) is 3.43. The molecule has 0 saturated carbocycles. The van der Waals surface area contributed by atoms with Crippen molar-refractivity contribution >= 4 is 15.9 Å². The quantitative estimate of drug-likeness (QED) is 0.904. The summed E-state index contributed by atoms with van der Waals surface area (Å²) in [5.74, 6) is 0.837. The van der Waals surface area contributed by atoms with Crippen LogP contribution in [0.5, 0.6) is 0 Å². The Morgan fingerprint density at radius 3 is 2.53 bits per heavy atom. The van der Waals surface area contributed by atoms with Crippen LogP contribution in [0.15, 0.2) is 34.2 Å². The van der Waals surface area contributed by atoms with Gasteiger partial charge in [0.05, 0.1) is 4.90 Å². The summed E-state index contributed by atoms with van der Waals surface area (Å²) < 4.78 is 26.4. The lowest BCUT2D eigenvalue weighted by Gasteiger charge is -2.25. The molecule has 2 rings (SSSR count). The molecule has 0 fully saturated rings. The first-order valence-electron chi connectivity index (χ1n) is 6.38. The fraction of sp³-hybridized carbons (Fsp3) is 0.500. The maximum atomic E-state index is 11.9. The van der Waals surface area contributed by atoms with Gasteiger partial charge in [-0.1, -0.05) is 39.8 Å². The molecule has 104 valence electrons. The third kappa shape index (κ3) is 2.81. The molecular weight excluding hydrogens is 260 g/mol. The third-order valence-electron chi connectivity index (χ3n) is 3.66. The Morgan fingerprint density at radius 1 is 1.26 bits per heavy atom. The summed E-state index contributed by atoms with van der Waals surface area (Å²) in [6.45, 7) is 9.20. The zero-order chi connectivity index (χ0) is 14.3. The molecule has 0 radical (unpaired) electrons. The Labute approximate surface area is 115 Å². The molecular formula is C14H20N2O2S. The summed E-state index contributed by atoms with van der Waals surface area (Å²) in [6.07, 6.45) is 0. The second-order valence-electron chi connectivity index (χ2n) is 6.06. The molecule has 1 aromatic rings. The van der Waals surface area contributed by atoms with Gasteiger partial charge in [-0.2, -0.15) is 0 Å². The second kappa shape index (κ2) is 4.63. The zero-order valence-electron chi connectivity index (χ0n) is 11.8. The molecule has 0 aromatic heterocycles. The molecule has 4 nitrogen and oxygen atoms in total. The van der Waals surface area contributed by atoms with Gasteiger partial charge in [0.15, 0.2) is 0 Å². The predicted octanol–water partition coefficient (Wildman–Crippen LogP) is 2.41. The number of amidine groups is 1. The van der Waals surface area contributed by atoms with E-state index in [9.17, 15) is 8.42 Å². The summed E-state index contributed by atoms with van der Waals surface area (Å²) in [5, 5.41) is 0. The van der Waals surface area contributed by atoms with Crippen molar-refractivity contribution in [3.63, 3.8) is 0 Å². The van der Waals surface area contributed by atoms with Crippen LogP contribution in [0.1, 0.15) is 33.3 Å². The first-order valence-corrected chi connectivity index (χ1v) is 7.87. The summed E-state index contributed by atoms with van der Waals surface area (Å²) in [4.78, 5) is 4.77. The molecule has 1 heterocycles. The molecule has 1 N–H and O–H groups in total. The van der Waals surface area contributed by atoms with Crippen molar-refractivity contribution in [1.82, 2.24) is 4.72 Å². The first-order chi connectivity index (χ1) is 8.72. The molecule has 0 saturated heterocycles. The molecule has 5 heteroatoms. The van der Waals surface area contributed by atoms with Crippen LogP contribution < -0.4 is 4.72 Å². The predicted molar refractivity (Wildman–Crippen MR) is 76.8 cm³/mol. The van der Waals surface area contributed by atoms with Gasteiger partial charge in [-0.25, -0.2) is 8.42 Å². The van der Waals surface area contributed by atoms with Gasteiger partial charge in [0.1, 0.15) is 5.84 Å². The number of sulfonamides is 1. The molecule has 1 aliphatic rings. The molecule has 0 aliphatic carbocycles. The van der Waals surface area contributed by atoms with Crippen LogP contribution in [0, 0.1) is 11.3 Å². The van der Waals surface area contributed by atoms with Crippen molar-refractivity contribution in [3.05, 3.63) is 29.8 Å². The zero-order valence-corrected chi connectivity index (χ0v) is 12.6. The van der Waals surface area contributed by atoms with Crippen LogP contribution in [-0.4, -0.2) is 20.8 Å². The van der Waals surface area contributed by atoms with Gasteiger partial charge < -0.3 is 0 Å². The van der Waals surface area contributed by atoms with E-state index in [2.05, 4.69) is 37.4 Å². The maximum Gasteiger partial charge on any atom is 0.263 e. The number of fused-ring (bicyclic) bond motifs is 1. The standard InChI is InChI=1S/C14H20N2O2S/c1-10(14(2,3)4)9-15-13-11-7-5-6-8-12(11)19(17,18)16-13/h5-8,10H,9H2,1-4H3,(H,15,16). The Bertz CT molecular complexity index is 613. The number of hydrogen-bond donors (Lipinski definition) is 1. The molecule has 1 atom stereocenters. The van der Waals surface area contributed by atoms with Crippen molar-refractivity contribution in [2.24, 2.45) is 16.3 Å². The van der Waals surface area contributed by atoms with Crippen molar-refractivity contribution in [3.8, 4) is 0 Å². The fourth-order valence-corrected chi connectivity index (χ4v) is 3.00. The Morgan fingerprint density at radius 2 is 1.89 bits per heavy atom. The minimum atomic E-state index is -3.42. The summed E-state index contributed by atoms with van der Waals surface area (Å²) in [5.41, 5.74) is 0.824. The van der Waals surface area contributed by atoms with Crippen molar-refractivity contribution in [1.29, 1.82) is 0 Å². The van der Waals surface area contributed by atoms with Crippen LogP contribution in [-0.2, 0) is 10.0 Å². The van der Waals surface area contributed by atoms with E-state index in [0.29, 0.717) is 28.8 Å². The van der Waals surface area contributed by atoms with Crippen LogP contribution >= 0.6 is 0 Å². The van der Waals surface area contributed by atoms with E-state index >= 15 is 0 Å². The number of hydrogen-bond acceptors (Lipinski definition) is 3. The van der Waals surface area contributed by atoms with Crippen molar-refractivity contribution in [2.75, 3.05) is 6.54 Å². The molecule has 19 heavy (non-hydrogen) atoms. The van der Waals surface area contributed by atoms with Gasteiger partial charge in [0.25, 0.3) is 10.0 Å². The third-order valence-corrected chi connectivity index (χ3v) is 5.06. The SMILES string of the molecule is CC(CN=C1NS(=O)(=O)c2ccccc21)C(C)(C)C. The molecule has 0 bridgehead atoms. The average Bonchev–Trinajstić information content (AvgIpc) is 2.58. The van der Waals surface area contributed by atoms with Gasteiger partial charge in [0, 0.05) is 12.1 Å². The maximum absolute atomic E-state index is 11.9. The van der Waals surface area contributed by atoms with E-state index in [1.54, 1.807) is 18.2 Å². The lowest BCUT2D eigenvalue weighted by Crippen LogP contribution is -2.25. The minimum Gasteiger partial charge on any atom is -0.267 e. The monoisotopic (exact) mass is 280 g/mol. The highest BCUT2D eigenvalue weighted by Crippen LogP contribution is 2.27. The van der Waals surface area contributed by atoms with Crippen LogP contribution in [0.2, 0.25) is 0 Å². The van der Waals surface area contributed by atoms with Gasteiger partial charge >= 0.3 is 0 Å². The van der Waals surface area contributed by atoms with Gasteiger partial charge in [0.2, 0.25) is 0 Å². The van der Waals surface area contributed by atoms with Gasteiger partial charge in [-0.15, -0.1) is 0 Å². The van der Waals surface area contributed by atoms with E-state index in [1.807, 2.05) is 6.07 Å². The Hall–Kier alpha value is -1.36. The summed E-state index contributed by atoms with van der Waals surface area (Å²) in [7, 11) is -3.42. The number of rotatable bonds is 2. The van der Waals surface area contributed by atoms with Crippen LogP contribution in [0.4, 0.5) is 0 Å². The van der Waals surface area contributed by atoms with E-state index in [-0.39, 0.29) is 5.41 Å². The fourth-order valence-electron chi connectivity index (χ4n) is 1.75. The Balaban J connectivity index is 2.30. The highest BCUT2D eigenvalue weighted by atomic mass is 32.2. The van der Waals surface area contributed by atoms with Gasteiger partial charge in [-0.3, -0.25) is 9.71 Å². The lowest BCUT2D eigenvalue weighted by atomic mass is 9.82. The normalized spacial score (nSPS) is 20.9. The smallest absolute Gasteiger partial charge is 0.263 e. The average molecular weight is 280 g/mol. The molecule has 1 aromatic carbocycles. The van der Waals surface area contributed by atoms with E-state index in [4.69, 9.17) is 0 Å². The molecule has 1 aliphatic heterocycles. The van der Waals surface area contributed by atoms with Gasteiger partial charge in [-0.05, 0) is 23.5 Å². The summed E-state index contributed by atoms with van der Waals surface area (Å²) >= 11 is 0. The van der Waals surface area contributed by atoms with E-state index in [0.717, 1.165) is 0 Å². The van der Waals surface area contributed by atoms with Crippen molar-refractivity contribution in [2.45, 2.75) is 32.6 Å². The molecule has 1 unspecified atom stereocenters. The summed E-state index contributed by atoms with van der Waals surface area (Å²) in [6, 6.07) is 6.93.